The van der Waals surface area contributed by atoms with Crippen molar-refractivity contribution in [2.45, 2.75) is 57.5 Å². The second-order valence-electron chi connectivity index (χ2n) is 8.63. The van der Waals surface area contributed by atoms with Crippen LogP contribution in [-0.4, -0.2) is 61.6 Å². The average Bonchev–Trinajstić information content (AvgIpc) is 2.72. The monoisotopic (exact) mass is 452 g/mol. The van der Waals surface area contributed by atoms with Gasteiger partial charge in [-0.25, -0.2) is 4.79 Å². The Morgan fingerprint density at radius 1 is 1.13 bits per heavy atom. The lowest BCUT2D eigenvalue weighted by molar-refractivity contribution is -0.159. The van der Waals surface area contributed by atoms with Crippen LogP contribution in [0.2, 0.25) is 5.02 Å². The molecule has 0 radical (unpaired) electrons. The molecular formula is C23H33ClN2O5. The van der Waals surface area contributed by atoms with Crippen molar-refractivity contribution in [3.8, 4) is 0 Å². The van der Waals surface area contributed by atoms with Gasteiger partial charge < -0.3 is 9.47 Å². The van der Waals surface area contributed by atoms with Gasteiger partial charge in [-0.3, -0.25) is 19.4 Å². The third kappa shape index (κ3) is 5.77. The van der Waals surface area contributed by atoms with Crippen LogP contribution in [-0.2, 0) is 24.6 Å². The molecule has 1 fully saturated rings. The van der Waals surface area contributed by atoms with E-state index in [9.17, 15) is 14.4 Å². The van der Waals surface area contributed by atoms with Crippen LogP contribution in [0.15, 0.2) is 24.3 Å². The number of rotatable bonds is 8. The van der Waals surface area contributed by atoms with E-state index in [0.29, 0.717) is 35.8 Å². The van der Waals surface area contributed by atoms with Crippen LogP contribution >= 0.6 is 11.6 Å². The van der Waals surface area contributed by atoms with Crippen molar-refractivity contribution < 1.29 is 23.9 Å². The molecule has 8 heteroatoms. The normalized spacial score (nSPS) is 19.9. The third-order valence-corrected chi connectivity index (χ3v) is 6.12. The largest absolute Gasteiger partial charge is 0.427 e. The Balaban J connectivity index is 2.12. The molecule has 0 heterocycles. The first-order valence-electron chi connectivity index (χ1n) is 10.6. The molecule has 1 aliphatic carbocycles. The van der Waals surface area contributed by atoms with E-state index in [0.717, 1.165) is 12.8 Å². The molecule has 172 valence electrons. The van der Waals surface area contributed by atoms with Crippen LogP contribution in [0.1, 0.15) is 51.5 Å². The van der Waals surface area contributed by atoms with Gasteiger partial charge in [0.2, 0.25) is 6.79 Å². The first-order valence-corrected chi connectivity index (χ1v) is 11.0. The van der Waals surface area contributed by atoms with Gasteiger partial charge in [-0.15, -0.1) is 0 Å². The molecule has 0 aromatic heterocycles. The number of amides is 1. The molecule has 1 aromatic rings. The van der Waals surface area contributed by atoms with Crippen LogP contribution < -0.4 is 0 Å². The van der Waals surface area contributed by atoms with Crippen molar-refractivity contribution in [2.75, 3.05) is 27.9 Å². The number of halogens is 1. The minimum absolute atomic E-state index is 0.0760. The Morgan fingerprint density at radius 2 is 1.81 bits per heavy atom. The number of carbonyl (C=O) groups is 3. The van der Waals surface area contributed by atoms with Crippen LogP contribution in [0.3, 0.4) is 0 Å². The summed E-state index contributed by atoms with van der Waals surface area (Å²) in [5.74, 6) is -0.224. The summed E-state index contributed by atoms with van der Waals surface area (Å²) in [7, 11) is 5.13. The highest BCUT2D eigenvalue weighted by atomic mass is 35.5. The molecule has 1 unspecified atom stereocenters. The molecule has 1 saturated carbocycles. The fourth-order valence-electron chi connectivity index (χ4n) is 4.08. The molecule has 2 rings (SSSR count). The smallest absolute Gasteiger partial charge is 0.413 e. The SMILES string of the molecule is CC(C)CC(C(=O)OCOC(=O)N(C)[C@]1(c2ccccc2Cl)CCCCC1=O)N(C)C. The number of nitrogens with zero attached hydrogens (tertiary/aromatic N) is 2. The Hall–Kier alpha value is -2.12. The number of esters is 1. The lowest BCUT2D eigenvalue weighted by atomic mass is 9.74. The van der Waals surface area contributed by atoms with E-state index in [4.69, 9.17) is 21.1 Å². The minimum atomic E-state index is -1.19. The number of ether oxygens (including phenoxy) is 2. The Kier molecular flexibility index (Phi) is 8.89. The first-order chi connectivity index (χ1) is 14.6. The molecule has 7 nitrogen and oxygen atoms in total. The van der Waals surface area contributed by atoms with Crippen molar-refractivity contribution in [2.24, 2.45) is 5.92 Å². The van der Waals surface area contributed by atoms with Crippen molar-refractivity contribution in [1.82, 2.24) is 9.80 Å². The van der Waals surface area contributed by atoms with Crippen molar-refractivity contribution in [3.63, 3.8) is 0 Å². The molecule has 0 aliphatic heterocycles. The van der Waals surface area contributed by atoms with Gasteiger partial charge in [-0.1, -0.05) is 43.6 Å². The fourth-order valence-corrected chi connectivity index (χ4v) is 4.37. The van der Waals surface area contributed by atoms with E-state index < -0.39 is 30.4 Å². The molecule has 1 aliphatic rings. The number of benzene rings is 1. The summed E-state index contributed by atoms with van der Waals surface area (Å²) < 4.78 is 10.4. The Morgan fingerprint density at radius 3 is 2.39 bits per heavy atom. The fraction of sp³-hybridized carbons (Fsp3) is 0.609. The average molecular weight is 453 g/mol. The van der Waals surface area contributed by atoms with Gasteiger partial charge in [0.05, 0.1) is 0 Å². The van der Waals surface area contributed by atoms with E-state index in [-0.39, 0.29) is 5.78 Å². The molecule has 0 bridgehead atoms. The summed E-state index contributed by atoms with van der Waals surface area (Å²) >= 11 is 6.41. The highest BCUT2D eigenvalue weighted by Crippen LogP contribution is 2.42. The van der Waals surface area contributed by atoms with Gasteiger partial charge in [-0.05, 0) is 51.8 Å². The summed E-state index contributed by atoms with van der Waals surface area (Å²) in [5, 5.41) is 0.423. The maximum Gasteiger partial charge on any atom is 0.413 e. The molecule has 0 N–H and O–H groups in total. The Labute approximate surface area is 189 Å². The van der Waals surface area contributed by atoms with E-state index in [1.54, 1.807) is 43.3 Å². The van der Waals surface area contributed by atoms with E-state index >= 15 is 0 Å². The van der Waals surface area contributed by atoms with Gasteiger partial charge in [0, 0.05) is 24.1 Å². The quantitative estimate of drug-likeness (QED) is 0.434. The summed E-state index contributed by atoms with van der Waals surface area (Å²) in [6.45, 7) is 3.53. The zero-order valence-electron chi connectivity index (χ0n) is 19.0. The number of hydrogen-bond donors (Lipinski definition) is 0. The van der Waals surface area contributed by atoms with Gasteiger partial charge in [0.1, 0.15) is 11.6 Å². The van der Waals surface area contributed by atoms with Crippen LogP contribution in [0, 0.1) is 5.92 Å². The number of carbonyl (C=O) groups excluding carboxylic acids is 3. The maximum absolute atomic E-state index is 13.1. The van der Waals surface area contributed by atoms with E-state index in [2.05, 4.69) is 0 Å². The number of hydrogen-bond acceptors (Lipinski definition) is 6. The summed E-state index contributed by atoms with van der Waals surface area (Å²) in [6, 6.07) is 6.62. The number of likely N-dealkylation sites (N-methyl/N-ethyl adjacent to an activating group) is 2. The van der Waals surface area contributed by atoms with Crippen LogP contribution in [0.25, 0.3) is 0 Å². The van der Waals surface area contributed by atoms with Crippen LogP contribution in [0.5, 0.6) is 0 Å². The molecule has 31 heavy (non-hydrogen) atoms. The van der Waals surface area contributed by atoms with Crippen molar-refractivity contribution >= 4 is 29.4 Å². The number of Topliss-reactive ketones (excluding diaryl/α,β-unsaturated/α-hetero) is 1. The minimum Gasteiger partial charge on any atom is -0.427 e. The topological polar surface area (TPSA) is 76.1 Å². The van der Waals surface area contributed by atoms with E-state index in [1.807, 2.05) is 13.8 Å². The van der Waals surface area contributed by atoms with Gasteiger partial charge in [0.15, 0.2) is 5.78 Å². The van der Waals surface area contributed by atoms with Gasteiger partial charge in [-0.2, -0.15) is 0 Å². The summed E-state index contributed by atoms with van der Waals surface area (Å²) in [4.78, 5) is 41.4. The highest BCUT2D eigenvalue weighted by molar-refractivity contribution is 6.31. The van der Waals surface area contributed by atoms with Gasteiger partial charge >= 0.3 is 12.1 Å². The molecule has 0 saturated heterocycles. The maximum atomic E-state index is 13.1. The second-order valence-corrected chi connectivity index (χ2v) is 9.04. The third-order valence-electron chi connectivity index (χ3n) is 5.79. The molecule has 1 amide bonds. The van der Waals surface area contributed by atoms with Crippen molar-refractivity contribution in [1.29, 1.82) is 0 Å². The number of ketones is 1. The predicted molar refractivity (Wildman–Crippen MR) is 119 cm³/mol. The molecule has 1 aromatic carbocycles. The predicted octanol–water partition coefficient (Wildman–Crippen LogP) is 4.22. The van der Waals surface area contributed by atoms with Crippen LogP contribution in [0.4, 0.5) is 4.79 Å². The van der Waals surface area contributed by atoms with Gasteiger partial charge in [0.25, 0.3) is 0 Å². The van der Waals surface area contributed by atoms with E-state index in [1.165, 1.54) is 11.9 Å². The zero-order valence-corrected chi connectivity index (χ0v) is 19.8. The summed E-state index contributed by atoms with van der Waals surface area (Å²) in [5.41, 5.74) is -0.607. The molecule has 0 spiro atoms. The Bertz CT molecular complexity index is 798. The highest BCUT2D eigenvalue weighted by Gasteiger charge is 2.48. The second kappa shape index (κ2) is 11.0. The lowest BCUT2D eigenvalue weighted by Gasteiger charge is -2.43. The molecule has 2 atom stereocenters. The zero-order chi connectivity index (χ0) is 23.2. The van der Waals surface area contributed by atoms with Crippen molar-refractivity contribution in [3.05, 3.63) is 34.9 Å². The molecular weight excluding hydrogens is 420 g/mol. The first kappa shape index (κ1) is 25.1. The standard InChI is InChI=1S/C23H33ClN2O5/c1-16(2)14-19(25(3)4)21(28)30-15-31-22(29)26(5)23(13-9-8-12-20(23)27)17-10-6-7-11-18(17)24/h6-7,10-11,16,19H,8-9,12-15H2,1-5H3/t19?,23-/m0/s1. The summed E-state index contributed by atoms with van der Waals surface area (Å²) in [6.07, 6.45) is 2.25. The lowest BCUT2D eigenvalue weighted by Crippen LogP contribution is -2.54.